The first kappa shape index (κ1) is 13.2. The summed E-state index contributed by atoms with van der Waals surface area (Å²) >= 11 is 6.23. The largest absolute Gasteiger partial charge is 0.492 e. The fourth-order valence-electron chi connectivity index (χ4n) is 2.92. The number of nitrogens with one attached hydrogen (secondary N) is 1. The molecule has 1 N–H and O–H groups in total. The van der Waals surface area contributed by atoms with Crippen molar-refractivity contribution in [2.75, 3.05) is 6.61 Å². The summed E-state index contributed by atoms with van der Waals surface area (Å²) in [5.41, 5.74) is 4.94. The SMILES string of the molecule is Clc1ccc(CNC2CC2)c(-c2cccc3c2OCC3)c1. The van der Waals surface area contributed by atoms with E-state index in [1.165, 1.54) is 35.1 Å². The molecule has 0 aromatic heterocycles. The number of para-hydroxylation sites is 1. The topological polar surface area (TPSA) is 21.3 Å². The first-order valence-corrected chi connectivity index (χ1v) is 7.96. The Morgan fingerprint density at radius 3 is 2.90 bits per heavy atom. The number of benzene rings is 2. The van der Waals surface area contributed by atoms with E-state index in [1.54, 1.807) is 0 Å². The van der Waals surface area contributed by atoms with Gasteiger partial charge in [0.25, 0.3) is 0 Å². The Hall–Kier alpha value is -1.51. The Morgan fingerprint density at radius 1 is 1.14 bits per heavy atom. The van der Waals surface area contributed by atoms with Gasteiger partial charge in [0.05, 0.1) is 6.61 Å². The molecular weight excluding hydrogens is 282 g/mol. The predicted octanol–water partition coefficient (Wildman–Crippen LogP) is 4.19. The first-order chi connectivity index (χ1) is 10.3. The first-order valence-electron chi connectivity index (χ1n) is 7.58. The van der Waals surface area contributed by atoms with Crippen molar-refractivity contribution in [2.45, 2.75) is 31.8 Å². The molecule has 1 saturated carbocycles. The molecule has 0 radical (unpaired) electrons. The van der Waals surface area contributed by atoms with Gasteiger partial charge in [0.1, 0.15) is 5.75 Å². The van der Waals surface area contributed by atoms with Crippen LogP contribution in [0.25, 0.3) is 11.1 Å². The van der Waals surface area contributed by atoms with Crippen LogP contribution in [0.3, 0.4) is 0 Å². The average Bonchev–Trinajstić information content (AvgIpc) is 3.20. The second kappa shape index (κ2) is 5.36. The molecule has 2 aromatic carbocycles. The number of hydrogen-bond donors (Lipinski definition) is 1. The normalized spacial score (nSPS) is 16.6. The van der Waals surface area contributed by atoms with E-state index < -0.39 is 0 Å². The maximum absolute atomic E-state index is 6.23. The van der Waals surface area contributed by atoms with E-state index in [0.717, 1.165) is 30.3 Å². The van der Waals surface area contributed by atoms with Crippen molar-refractivity contribution < 1.29 is 4.74 Å². The molecule has 0 bridgehead atoms. The standard InChI is InChI=1S/C18H18ClNO/c19-14-5-4-13(11-20-15-6-7-15)17(10-14)16-3-1-2-12-8-9-21-18(12)16/h1-5,10,15,20H,6-9,11H2. The molecule has 0 amide bonds. The summed E-state index contributed by atoms with van der Waals surface area (Å²) < 4.78 is 5.85. The van der Waals surface area contributed by atoms with Crippen molar-refractivity contribution in [1.82, 2.24) is 5.32 Å². The third kappa shape index (κ3) is 2.66. The fourth-order valence-corrected chi connectivity index (χ4v) is 3.09. The Balaban J connectivity index is 1.76. The molecule has 1 aliphatic carbocycles. The summed E-state index contributed by atoms with van der Waals surface area (Å²) in [5, 5.41) is 4.36. The zero-order valence-electron chi connectivity index (χ0n) is 11.9. The van der Waals surface area contributed by atoms with Crippen LogP contribution in [0.2, 0.25) is 5.02 Å². The summed E-state index contributed by atoms with van der Waals surface area (Å²) in [6, 6.07) is 13.3. The average molecular weight is 300 g/mol. The van der Waals surface area contributed by atoms with Gasteiger partial charge in [0.15, 0.2) is 0 Å². The monoisotopic (exact) mass is 299 g/mol. The fraction of sp³-hybridized carbons (Fsp3) is 0.333. The highest BCUT2D eigenvalue weighted by molar-refractivity contribution is 6.30. The minimum absolute atomic E-state index is 0.700. The van der Waals surface area contributed by atoms with Crippen LogP contribution in [-0.2, 0) is 13.0 Å². The summed E-state index contributed by atoms with van der Waals surface area (Å²) in [4.78, 5) is 0. The summed E-state index contributed by atoms with van der Waals surface area (Å²) in [5.74, 6) is 1.03. The summed E-state index contributed by atoms with van der Waals surface area (Å²) in [7, 11) is 0. The summed E-state index contributed by atoms with van der Waals surface area (Å²) in [6.07, 6.45) is 3.60. The van der Waals surface area contributed by atoms with Gasteiger partial charge < -0.3 is 10.1 Å². The van der Waals surface area contributed by atoms with E-state index in [2.05, 4.69) is 35.6 Å². The van der Waals surface area contributed by atoms with Crippen LogP contribution in [-0.4, -0.2) is 12.6 Å². The van der Waals surface area contributed by atoms with E-state index in [1.807, 2.05) is 6.07 Å². The number of ether oxygens (including phenoxy) is 1. The van der Waals surface area contributed by atoms with E-state index in [-0.39, 0.29) is 0 Å². The minimum Gasteiger partial charge on any atom is -0.492 e. The van der Waals surface area contributed by atoms with Gasteiger partial charge >= 0.3 is 0 Å². The molecule has 1 fully saturated rings. The molecule has 2 nitrogen and oxygen atoms in total. The maximum atomic E-state index is 6.23. The second-order valence-electron chi connectivity index (χ2n) is 5.85. The van der Waals surface area contributed by atoms with Crippen molar-refractivity contribution in [3.05, 3.63) is 52.5 Å². The molecule has 3 heteroatoms. The molecule has 0 saturated heterocycles. The van der Waals surface area contributed by atoms with Crippen molar-refractivity contribution in [2.24, 2.45) is 0 Å². The molecule has 0 atom stereocenters. The van der Waals surface area contributed by atoms with Crippen LogP contribution in [0, 0.1) is 0 Å². The van der Waals surface area contributed by atoms with Crippen LogP contribution in [0.4, 0.5) is 0 Å². The predicted molar refractivity (Wildman–Crippen MR) is 85.9 cm³/mol. The van der Waals surface area contributed by atoms with Gasteiger partial charge in [-0.15, -0.1) is 0 Å². The summed E-state index contributed by atoms with van der Waals surface area (Å²) in [6.45, 7) is 1.67. The molecule has 1 aliphatic heterocycles. The van der Waals surface area contributed by atoms with Gasteiger partial charge in [-0.25, -0.2) is 0 Å². The smallest absolute Gasteiger partial charge is 0.130 e. The zero-order chi connectivity index (χ0) is 14.2. The lowest BCUT2D eigenvalue weighted by molar-refractivity contribution is 0.358. The Labute approximate surface area is 130 Å². The lowest BCUT2D eigenvalue weighted by Crippen LogP contribution is -2.15. The second-order valence-corrected chi connectivity index (χ2v) is 6.29. The maximum Gasteiger partial charge on any atom is 0.130 e. The van der Waals surface area contributed by atoms with Gasteiger partial charge in [0, 0.05) is 29.6 Å². The third-order valence-electron chi connectivity index (χ3n) is 4.24. The molecule has 0 unspecified atom stereocenters. The highest BCUT2D eigenvalue weighted by Gasteiger charge is 2.22. The van der Waals surface area contributed by atoms with Crippen LogP contribution in [0.1, 0.15) is 24.0 Å². The molecule has 0 spiro atoms. The molecule has 21 heavy (non-hydrogen) atoms. The van der Waals surface area contributed by atoms with Crippen LogP contribution in [0.5, 0.6) is 5.75 Å². The van der Waals surface area contributed by atoms with Gasteiger partial charge in [-0.3, -0.25) is 0 Å². The molecule has 1 heterocycles. The lowest BCUT2D eigenvalue weighted by Gasteiger charge is -2.14. The Kier molecular flexibility index (Phi) is 3.36. The molecule has 2 aliphatic rings. The van der Waals surface area contributed by atoms with Crippen molar-refractivity contribution in [3.8, 4) is 16.9 Å². The van der Waals surface area contributed by atoms with Gasteiger partial charge in [-0.2, -0.15) is 0 Å². The lowest BCUT2D eigenvalue weighted by atomic mass is 9.96. The Morgan fingerprint density at radius 2 is 2.05 bits per heavy atom. The third-order valence-corrected chi connectivity index (χ3v) is 4.47. The molecule has 108 valence electrons. The van der Waals surface area contributed by atoms with E-state index in [4.69, 9.17) is 16.3 Å². The molecule has 4 rings (SSSR count). The van der Waals surface area contributed by atoms with Gasteiger partial charge in [-0.05, 0) is 41.7 Å². The van der Waals surface area contributed by atoms with Gasteiger partial charge in [-0.1, -0.05) is 35.9 Å². The number of halogens is 1. The van der Waals surface area contributed by atoms with Gasteiger partial charge in [0.2, 0.25) is 0 Å². The quantitative estimate of drug-likeness (QED) is 0.914. The molecular formula is C18H18ClNO. The number of rotatable bonds is 4. The highest BCUT2D eigenvalue weighted by Crippen LogP contribution is 2.39. The number of hydrogen-bond acceptors (Lipinski definition) is 2. The van der Waals surface area contributed by atoms with Crippen molar-refractivity contribution in [3.63, 3.8) is 0 Å². The van der Waals surface area contributed by atoms with E-state index in [9.17, 15) is 0 Å². The number of fused-ring (bicyclic) bond motifs is 1. The zero-order valence-corrected chi connectivity index (χ0v) is 12.6. The Bertz CT molecular complexity index is 679. The van der Waals surface area contributed by atoms with Crippen LogP contribution in [0.15, 0.2) is 36.4 Å². The van der Waals surface area contributed by atoms with Crippen LogP contribution < -0.4 is 10.1 Å². The molecule has 2 aromatic rings. The minimum atomic E-state index is 0.700. The van der Waals surface area contributed by atoms with E-state index >= 15 is 0 Å². The van der Waals surface area contributed by atoms with Crippen LogP contribution >= 0.6 is 11.6 Å². The van der Waals surface area contributed by atoms with Crippen molar-refractivity contribution in [1.29, 1.82) is 0 Å². The van der Waals surface area contributed by atoms with Crippen molar-refractivity contribution >= 4 is 11.6 Å². The highest BCUT2D eigenvalue weighted by atomic mass is 35.5. The van der Waals surface area contributed by atoms with E-state index in [0.29, 0.717) is 6.04 Å².